The van der Waals surface area contributed by atoms with Gasteiger partial charge in [-0.15, -0.1) is 0 Å². The van der Waals surface area contributed by atoms with Gasteiger partial charge in [-0.05, 0) is 95.2 Å². The zero-order valence-electron chi connectivity index (χ0n) is 20.6. The van der Waals surface area contributed by atoms with E-state index in [4.69, 9.17) is 10.4 Å². The zero-order chi connectivity index (χ0) is 24.8. The number of halogens is 1. The van der Waals surface area contributed by atoms with Gasteiger partial charge in [0.25, 0.3) is 0 Å². The predicted octanol–water partition coefficient (Wildman–Crippen LogP) is 4.58. The SMILES string of the molecule is Cc1c(I)cccc1CN1O[C@@H](CN=[N+]=[N-])[C@@H]([C@H](C)O)C1C(=O)NC1C[C@H]2C[C@@H]([C@@H]1C)C2(C)C. The number of hydrogen-bond donors (Lipinski definition) is 2. The molecule has 0 radical (unpaired) electrons. The van der Waals surface area contributed by atoms with Crippen LogP contribution in [0.3, 0.4) is 0 Å². The predicted molar refractivity (Wildman–Crippen MR) is 138 cm³/mol. The summed E-state index contributed by atoms with van der Waals surface area (Å²) in [4.78, 5) is 22.8. The maximum atomic E-state index is 13.8. The first kappa shape index (κ1) is 25.7. The summed E-state index contributed by atoms with van der Waals surface area (Å²) in [5.74, 6) is 1.04. The van der Waals surface area contributed by atoms with Crippen molar-refractivity contribution in [3.8, 4) is 0 Å². The van der Waals surface area contributed by atoms with Crippen molar-refractivity contribution in [3.63, 3.8) is 0 Å². The molecule has 1 heterocycles. The van der Waals surface area contributed by atoms with Crippen LogP contribution in [-0.2, 0) is 16.2 Å². The summed E-state index contributed by atoms with van der Waals surface area (Å²) in [5, 5.41) is 19.4. The Morgan fingerprint density at radius 3 is 2.79 bits per heavy atom. The van der Waals surface area contributed by atoms with E-state index in [1.54, 1.807) is 12.0 Å². The molecule has 4 aliphatic rings. The van der Waals surface area contributed by atoms with Gasteiger partial charge in [0.1, 0.15) is 6.04 Å². The molecule has 4 fully saturated rings. The molecule has 1 saturated heterocycles. The number of aliphatic hydroxyl groups is 1. The Morgan fingerprint density at radius 1 is 1.44 bits per heavy atom. The summed E-state index contributed by atoms with van der Waals surface area (Å²) >= 11 is 2.31. The number of nitrogens with one attached hydrogen (secondary N) is 1. The van der Waals surface area contributed by atoms with Crippen LogP contribution in [0, 0.1) is 39.6 Å². The van der Waals surface area contributed by atoms with Crippen LogP contribution in [0.4, 0.5) is 0 Å². The lowest BCUT2D eigenvalue weighted by Gasteiger charge is -2.62. The molecule has 2 bridgehead atoms. The first-order valence-corrected chi connectivity index (χ1v) is 13.3. The second kappa shape index (κ2) is 9.93. The number of rotatable bonds is 7. The fourth-order valence-electron chi connectivity index (χ4n) is 6.59. The fourth-order valence-corrected chi connectivity index (χ4v) is 7.15. The molecule has 2 N–H and O–H groups in total. The van der Waals surface area contributed by atoms with E-state index in [-0.39, 0.29) is 18.5 Å². The van der Waals surface area contributed by atoms with Gasteiger partial charge < -0.3 is 10.4 Å². The van der Waals surface area contributed by atoms with E-state index in [9.17, 15) is 9.90 Å². The number of hydroxylamine groups is 2. The molecule has 1 aromatic carbocycles. The molecule has 5 rings (SSSR count). The van der Waals surface area contributed by atoms with Gasteiger partial charge in [-0.1, -0.05) is 38.0 Å². The van der Waals surface area contributed by atoms with E-state index >= 15 is 0 Å². The minimum atomic E-state index is -0.798. The first-order chi connectivity index (χ1) is 16.1. The summed E-state index contributed by atoms with van der Waals surface area (Å²) in [7, 11) is 0. The highest BCUT2D eigenvalue weighted by molar-refractivity contribution is 14.1. The molecule has 8 nitrogen and oxygen atoms in total. The van der Waals surface area contributed by atoms with Gasteiger partial charge in [0.2, 0.25) is 5.91 Å². The summed E-state index contributed by atoms with van der Waals surface area (Å²) in [6.07, 6.45) is 0.871. The molecule has 0 spiro atoms. The van der Waals surface area contributed by atoms with E-state index in [1.807, 2.05) is 12.1 Å². The van der Waals surface area contributed by atoms with E-state index < -0.39 is 24.2 Å². The zero-order valence-corrected chi connectivity index (χ0v) is 22.8. The number of hydrogen-bond acceptors (Lipinski definition) is 5. The van der Waals surface area contributed by atoms with E-state index in [0.717, 1.165) is 21.1 Å². The van der Waals surface area contributed by atoms with Gasteiger partial charge in [-0.2, -0.15) is 5.06 Å². The molecular formula is C25H36IN5O3. The van der Waals surface area contributed by atoms with Crippen molar-refractivity contribution in [2.75, 3.05) is 6.54 Å². The topological polar surface area (TPSA) is 111 Å². The number of benzene rings is 1. The molecule has 0 aromatic heterocycles. The molecule has 1 aliphatic heterocycles. The lowest BCUT2D eigenvalue weighted by molar-refractivity contribution is -0.175. The maximum Gasteiger partial charge on any atom is 0.240 e. The van der Waals surface area contributed by atoms with Crippen LogP contribution in [-0.4, -0.2) is 46.9 Å². The van der Waals surface area contributed by atoms with Crippen LogP contribution in [0.25, 0.3) is 10.4 Å². The summed E-state index contributed by atoms with van der Waals surface area (Å²) in [5.41, 5.74) is 11.4. The average molecular weight is 581 g/mol. The maximum absolute atomic E-state index is 13.8. The Hall–Kier alpha value is -1.39. The van der Waals surface area contributed by atoms with Crippen molar-refractivity contribution < 1.29 is 14.7 Å². The monoisotopic (exact) mass is 581 g/mol. The Kier molecular flexibility index (Phi) is 7.51. The summed E-state index contributed by atoms with van der Waals surface area (Å²) in [6.45, 7) is 11.2. The third-order valence-electron chi connectivity index (χ3n) is 8.91. The number of amides is 1. The van der Waals surface area contributed by atoms with Crippen molar-refractivity contribution in [1.29, 1.82) is 0 Å². The van der Waals surface area contributed by atoms with Gasteiger partial charge >= 0.3 is 0 Å². The van der Waals surface area contributed by atoms with Crippen LogP contribution in [0.1, 0.15) is 51.7 Å². The van der Waals surface area contributed by atoms with Crippen LogP contribution in [0.5, 0.6) is 0 Å². The van der Waals surface area contributed by atoms with Crippen molar-refractivity contribution in [2.24, 2.45) is 34.2 Å². The van der Waals surface area contributed by atoms with Crippen molar-refractivity contribution in [2.45, 2.75) is 78.3 Å². The third-order valence-corrected chi connectivity index (χ3v) is 10.1. The molecule has 1 amide bonds. The molecule has 1 aromatic rings. The quantitative estimate of drug-likeness (QED) is 0.213. The van der Waals surface area contributed by atoms with Gasteiger partial charge in [0, 0.05) is 20.4 Å². The van der Waals surface area contributed by atoms with Gasteiger partial charge in [0.15, 0.2) is 0 Å². The Bertz CT molecular complexity index is 979. The second-order valence-electron chi connectivity index (χ2n) is 11.0. The minimum absolute atomic E-state index is 0.0653. The summed E-state index contributed by atoms with van der Waals surface area (Å²) in [6, 6.07) is 5.53. The average Bonchev–Trinajstić information content (AvgIpc) is 3.14. The normalized spacial score (nSPS) is 35.2. The molecule has 8 atom stereocenters. The lowest BCUT2D eigenvalue weighted by Crippen LogP contribution is -2.62. The van der Waals surface area contributed by atoms with Gasteiger partial charge in [-0.25, -0.2) is 0 Å². The molecule has 186 valence electrons. The largest absolute Gasteiger partial charge is 0.393 e. The Balaban J connectivity index is 1.58. The van der Waals surface area contributed by atoms with Crippen molar-refractivity contribution >= 4 is 28.5 Å². The Morgan fingerprint density at radius 2 is 2.18 bits per heavy atom. The van der Waals surface area contributed by atoms with Crippen molar-refractivity contribution in [3.05, 3.63) is 43.3 Å². The molecule has 34 heavy (non-hydrogen) atoms. The van der Waals surface area contributed by atoms with E-state index in [0.29, 0.717) is 29.7 Å². The molecule has 3 saturated carbocycles. The van der Waals surface area contributed by atoms with Crippen LogP contribution < -0.4 is 5.32 Å². The number of aliphatic hydroxyl groups excluding tert-OH is 1. The lowest BCUT2D eigenvalue weighted by atomic mass is 9.45. The fraction of sp³-hybridized carbons (Fsp3) is 0.720. The summed E-state index contributed by atoms with van der Waals surface area (Å²) < 4.78 is 1.14. The van der Waals surface area contributed by atoms with Crippen LogP contribution in [0.15, 0.2) is 23.3 Å². The highest BCUT2D eigenvalue weighted by atomic mass is 127. The number of carbonyl (C=O) groups is 1. The second-order valence-corrected chi connectivity index (χ2v) is 12.2. The molecule has 2 unspecified atom stereocenters. The van der Waals surface area contributed by atoms with Crippen LogP contribution >= 0.6 is 22.6 Å². The third kappa shape index (κ3) is 4.57. The minimum Gasteiger partial charge on any atom is -0.393 e. The van der Waals surface area contributed by atoms with E-state index in [2.05, 4.69) is 71.7 Å². The number of azide groups is 1. The molecular weight excluding hydrogens is 545 g/mol. The van der Waals surface area contributed by atoms with E-state index in [1.165, 1.54) is 6.42 Å². The number of carbonyl (C=O) groups excluding carboxylic acids is 1. The molecule has 9 heteroatoms. The molecule has 3 aliphatic carbocycles. The van der Waals surface area contributed by atoms with Crippen molar-refractivity contribution in [1.82, 2.24) is 10.4 Å². The number of nitrogens with zero attached hydrogens (tertiary/aromatic N) is 4. The first-order valence-electron chi connectivity index (χ1n) is 12.2. The van der Waals surface area contributed by atoms with Gasteiger partial charge in [-0.3, -0.25) is 9.63 Å². The number of fused-ring (bicyclic) bond motifs is 2. The van der Waals surface area contributed by atoms with Crippen LogP contribution in [0.2, 0.25) is 0 Å². The highest BCUT2D eigenvalue weighted by Crippen LogP contribution is 2.61. The Labute approximate surface area is 215 Å². The standard InChI is InChI=1S/C25H36IN5O3/c1-13-16(7-6-8-19(13)26)12-31-23(22(15(3)32)21(34-31)11-28-30-27)24(33)29-20-10-17-9-18(14(20)2)25(17,4)5/h6-8,14-15,17-18,20-23,32H,9-12H2,1-5H3,(H,29,33)/t14-,15-,17+,18-,20?,21-,22+,23?/m0/s1. The highest BCUT2D eigenvalue weighted by Gasteiger charge is 2.57. The van der Waals surface area contributed by atoms with Gasteiger partial charge in [0.05, 0.1) is 25.3 Å². The smallest absolute Gasteiger partial charge is 0.240 e.